The molecule has 0 fully saturated rings. The number of nitrogens with zero attached hydrogens (tertiary/aromatic N) is 2. The third-order valence-electron chi connectivity index (χ3n) is 3.32. The molecule has 3 rings (SSSR count). The van der Waals surface area contributed by atoms with Crippen LogP contribution >= 0.6 is 15.9 Å². The van der Waals surface area contributed by atoms with E-state index in [1.165, 1.54) is 4.57 Å². The van der Waals surface area contributed by atoms with Gasteiger partial charge >= 0.3 is 0 Å². The van der Waals surface area contributed by atoms with Gasteiger partial charge < -0.3 is 0 Å². The lowest BCUT2D eigenvalue weighted by molar-refractivity contribution is 0.305. The van der Waals surface area contributed by atoms with E-state index < -0.39 is 6.17 Å². The number of halogens is 2. The van der Waals surface area contributed by atoms with Crippen LogP contribution in [-0.4, -0.2) is 9.55 Å². The fraction of sp³-hybridized carbons (Fsp3) is 0.385. The maximum atomic E-state index is 14.0. The van der Waals surface area contributed by atoms with Gasteiger partial charge in [0, 0.05) is 11.0 Å². The third kappa shape index (κ3) is 1.86. The van der Waals surface area contributed by atoms with Crippen LogP contribution in [0, 0.1) is 0 Å². The van der Waals surface area contributed by atoms with E-state index in [1.54, 1.807) is 12.1 Å². The summed E-state index contributed by atoms with van der Waals surface area (Å²) in [6.07, 6.45) is 0.941. The fourth-order valence-electron chi connectivity index (χ4n) is 2.39. The first-order valence-electron chi connectivity index (χ1n) is 6.01. The Labute approximate surface area is 112 Å². The Balaban J connectivity index is 2.35. The van der Waals surface area contributed by atoms with E-state index in [9.17, 15) is 9.18 Å². The van der Waals surface area contributed by atoms with E-state index in [0.717, 1.165) is 17.3 Å². The quantitative estimate of drug-likeness (QED) is 0.748. The summed E-state index contributed by atoms with van der Waals surface area (Å²) in [6.45, 7) is 0.563. The minimum Gasteiger partial charge on any atom is -0.294 e. The summed E-state index contributed by atoms with van der Waals surface area (Å²) < 4.78 is 16.3. The highest BCUT2D eigenvalue weighted by molar-refractivity contribution is 9.10. The maximum Gasteiger partial charge on any atom is 0.261 e. The number of rotatable bonds is 0. The Morgan fingerprint density at radius 2 is 2.22 bits per heavy atom. The fourth-order valence-corrected chi connectivity index (χ4v) is 2.74. The lowest BCUT2D eigenvalue weighted by Crippen LogP contribution is -2.25. The zero-order valence-corrected chi connectivity index (χ0v) is 11.3. The average Bonchev–Trinajstić information content (AvgIpc) is 2.52. The number of alkyl halides is 1. The highest BCUT2D eigenvalue weighted by atomic mass is 79.9. The predicted molar refractivity (Wildman–Crippen MR) is 71.4 cm³/mol. The minimum absolute atomic E-state index is 0.132. The third-order valence-corrected chi connectivity index (χ3v) is 3.81. The highest BCUT2D eigenvalue weighted by Crippen LogP contribution is 2.26. The molecule has 0 N–H and O–H groups in total. The van der Waals surface area contributed by atoms with Gasteiger partial charge in [0.1, 0.15) is 5.82 Å². The summed E-state index contributed by atoms with van der Waals surface area (Å²) in [5.74, 6) is 0.281. The molecule has 0 saturated heterocycles. The molecule has 1 atom stereocenters. The number of fused-ring (bicyclic) bond motifs is 2. The molecule has 94 valence electrons. The summed E-state index contributed by atoms with van der Waals surface area (Å²) in [5.41, 5.74) is 0.428. The van der Waals surface area contributed by atoms with Gasteiger partial charge in [0.25, 0.3) is 5.56 Å². The molecular weight excluding hydrogens is 299 g/mol. The van der Waals surface area contributed by atoms with Crippen LogP contribution in [0.3, 0.4) is 0 Å². The molecule has 1 aliphatic rings. The Bertz CT molecular complexity index is 668. The van der Waals surface area contributed by atoms with E-state index in [4.69, 9.17) is 0 Å². The molecule has 0 saturated carbocycles. The van der Waals surface area contributed by atoms with Gasteiger partial charge in [-0.2, -0.15) is 0 Å². The monoisotopic (exact) mass is 310 g/mol. The van der Waals surface area contributed by atoms with Gasteiger partial charge in [-0.15, -0.1) is 0 Å². The van der Waals surface area contributed by atoms with Crippen molar-refractivity contribution in [2.75, 3.05) is 0 Å². The van der Waals surface area contributed by atoms with E-state index in [1.807, 2.05) is 6.07 Å². The van der Waals surface area contributed by atoms with Gasteiger partial charge in [0.05, 0.1) is 10.9 Å². The van der Waals surface area contributed by atoms with Gasteiger partial charge in [-0.1, -0.05) is 15.9 Å². The Morgan fingerprint density at radius 3 is 3.06 bits per heavy atom. The van der Waals surface area contributed by atoms with Crippen LogP contribution in [0.4, 0.5) is 4.39 Å². The lowest BCUT2D eigenvalue weighted by atomic mass is 10.2. The largest absolute Gasteiger partial charge is 0.294 e. The number of hydrogen-bond donors (Lipinski definition) is 0. The molecular formula is C13H12BrFN2O. The Kier molecular flexibility index (Phi) is 2.93. The van der Waals surface area contributed by atoms with Gasteiger partial charge in [0.15, 0.2) is 6.17 Å². The molecule has 18 heavy (non-hydrogen) atoms. The molecule has 0 bridgehead atoms. The normalized spacial score (nSPS) is 19.6. The van der Waals surface area contributed by atoms with Crippen molar-refractivity contribution in [1.82, 2.24) is 9.55 Å². The molecule has 0 amide bonds. The van der Waals surface area contributed by atoms with E-state index in [2.05, 4.69) is 20.9 Å². The molecule has 3 nitrogen and oxygen atoms in total. The first-order valence-corrected chi connectivity index (χ1v) is 6.80. The van der Waals surface area contributed by atoms with Crippen LogP contribution in [0.15, 0.2) is 27.5 Å². The van der Waals surface area contributed by atoms with Crippen molar-refractivity contribution in [3.8, 4) is 0 Å². The molecule has 1 aromatic heterocycles. The molecule has 0 aliphatic carbocycles. The topological polar surface area (TPSA) is 34.9 Å². The zero-order chi connectivity index (χ0) is 12.7. The summed E-state index contributed by atoms with van der Waals surface area (Å²) in [5, 5.41) is 0.552. The first kappa shape index (κ1) is 11.8. The van der Waals surface area contributed by atoms with Crippen LogP contribution in [0.1, 0.15) is 31.3 Å². The minimum atomic E-state index is -1.14. The van der Waals surface area contributed by atoms with Crippen molar-refractivity contribution < 1.29 is 4.39 Å². The first-order chi connectivity index (χ1) is 8.66. The van der Waals surface area contributed by atoms with Crippen molar-refractivity contribution in [3.63, 3.8) is 0 Å². The Hall–Kier alpha value is -1.23. The second-order valence-corrected chi connectivity index (χ2v) is 5.47. The molecule has 0 radical (unpaired) electrons. The summed E-state index contributed by atoms with van der Waals surface area (Å²) in [4.78, 5) is 16.7. The van der Waals surface area contributed by atoms with Crippen molar-refractivity contribution in [3.05, 3.63) is 38.9 Å². The summed E-state index contributed by atoms with van der Waals surface area (Å²) in [6, 6.07) is 5.30. The van der Waals surface area contributed by atoms with Crippen LogP contribution < -0.4 is 5.56 Å². The smallest absolute Gasteiger partial charge is 0.261 e. The number of aromatic nitrogens is 2. The second kappa shape index (κ2) is 4.46. The van der Waals surface area contributed by atoms with Crippen LogP contribution in [0.5, 0.6) is 0 Å². The van der Waals surface area contributed by atoms with Gasteiger partial charge in [-0.3, -0.25) is 9.36 Å². The molecule has 1 aliphatic heterocycles. The molecule has 5 heteroatoms. The van der Waals surface area contributed by atoms with Crippen molar-refractivity contribution in [2.45, 2.75) is 32.0 Å². The summed E-state index contributed by atoms with van der Waals surface area (Å²) in [7, 11) is 0. The molecule has 1 aromatic carbocycles. The Morgan fingerprint density at radius 1 is 1.39 bits per heavy atom. The van der Waals surface area contributed by atoms with Crippen LogP contribution in [-0.2, 0) is 6.54 Å². The number of benzene rings is 1. The standard InChI is InChI=1S/C13H12BrFN2O/c14-8-4-5-9-11(7-8)16-12-10(15)3-1-2-6-17(12)13(9)18/h4-5,7,10H,1-3,6H2. The highest BCUT2D eigenvalue weighted by Gasteiger charge is 2.21. The van der Waals surface area contributed by atoms with E-state index in [0.29, 0.717) is 23.9 Å². The maximum absolute atomic E-state index is 14.0. The van der Waals surface area contributed by atoms with Crippen LogP contribution in [0.2, 0.25) is 0 Å². The zero-order valence-electron chi connectivity index (χ0n) is 9.70. The molecule has 0 spiro atoms. The van der Waals surface area contributed by atoms with Gasteiger partial charge in [-0.25, -0.2) is 9.37 Å². The average molecular weight is 311 g/mol. The summed E-state index contributed by atoms with van der Waals surface area (Å²) >= 11 is 3.34. The predicted octanol–water partition coefficient (Wildman–Crippen LogP) is 3.35. The molecule has 2 aromatic rings. The molecule has 1 unspecified atom stereocenters. The molecule has 2 heterocycles. The lowest BCUT2D eigenvalue weighted by Gasteiger charge is -2.12. The van der Waals surface area contributed by atoms with Crippen molar-refractivity contribution >= 4 is 26.8 Å². The van der Waals surface area contributed by atoms with E-state index >= 15 is 0 Å². The second-order valence-electron chi connectivity index (χ2n) is 4.55. The van der Waals surface area contributed by atoms with Gasteiger partial charge in [0.2, 0.25) is 0 Å². The van der Waals surface area contributed by atoms with Gasteiger partial charge in [-0.05, 0) is 37.5 Å². The van der Waals surface area contributed by atoms with E-state index in [-0.39, 0.29) is 11.4 Å². The van der Waals surface area contributed by atoms with Crippen molar-refractivity contribution in [2.24, 2.45) is 0 Å². The van der Waals surface area contributed by atoms with Crippen LogP contribution in [0.25, 0.3) is 10.9 Å². The number of hydrogen-bond acceptors (Lipinski definition) is 2. The van der Waals surface area contributed by atoms with Crippen molar-refractivity contribution in [1.29, 1.82) is 0 Å². The SMILES string of the molecule is O=c1c2ccc(Br)cc2nc2n1CCCCC2F.